The highest BCUT2D eigenvalue weighted by molar-refractivity contribution is 7.95. The highest BCUT2D eigenvalue weighted by atomic mass is 32.2. The molecule has 1 heterocycles. The number of hydrogen-bond donors (Lipinski definition) is 0. The summed E-state index contributed by atoms with van der Waals surface area (Å²) in [7, 11) is 1.95. The van der Waals surface area contributed by atoms with E-state index in [4.69, 9.17) is 4.84 Å². The Morgan fingerprint density at radius 1 is 1.04 bits per heavy atom. The van der Waals surface area contributed by atoms with E-state index in [1.165, 1.54) is 0 Å². The number of aryl methyl sites for hydroxylation is 1. The van der Waals surface area contributed by atoms with Crippen molar-refractivity contribution < 1.29 is 13.3 Å². The van der Waals surface area contributed by atoms with Crippen LogP contribution >= 0.6 is 12.1 Å². The van der Waals surface area contributed by atoms with Gasteiger partial charge in [0.15, 0.2) is 11.9 Å². The van der Waals surface area contributed by atoms with Gasteiger partial charge in [-0.05, 0) is 42.3 Å². The molecule has 0 saturated heterocycles. The lowest BCUT2D eigenvalue weighted by atomic mass is 9.96. The van der Waals surface area contributed by atoms with Crippen molar-refractivity contribution in [2.24, 2.45) is 7.05 Å². The maximum Gasteiger partial charge on any atom is 0.329 e. The zero-order valence-corrected chi connectivity index (χ0v) is 14.8. The molecule has 3 rings (SSSR count). The van der Waals surface area contributed by atoms with Crippen molar-refractivity contribution in [1.82, 2.24) is 4.73 Å². The summed E-state index contributed by atoms with van der Waals surface area (Å²) in [5.41, 5.74) is 1.86. The van der Waals surface area contributed by atoms with Gasteiger partial charge in [0.2, 0.25) is 0 Å². The Morgan fingerprint density at radius 2 is 1.71 bits per heavy atom. The fourth-order valence-electron chi connectivity index (χ4n) is 2.68. The molecule has 0 atom stereocenters. The van der Waals surface area contributed by atoms with Crippen LogP contribution in [0.3, 0.4) is 0 Å². The molecule has 0 fully saturated rings. The number of para-hydroxylation sites is 1. The zero-order chi connectivity index (χ0) is 17.2. The minimum absolute atomic E-state index is 0.348. The number of nitrogens with zero attached hydrogens (tertiary/aromatic N) is 2. The normalized spacial score (nSPS) is 11.5. The number of halogens is 1. The maximum absolute atomic E-state index is 13.5. The van der Waals surface area contributed by atoms with Gasteiger partial charge in [-0.1, -0.05) is 36.4 Å². The fraction of sp³-hybridized carbons (Fsp3) is 0.211. The Kier molecular flexibility index (Phi) is 4.62. The molecule has 3 aromatic rings. The molecule has 1 aromatic heterocycles. The van der Waals surface area contributed by atoms with E-state index in [0.29, 0.717) is 12.1 Å². The largest absolute Gasteiger partial charge is 0.329 e. The summed E-state index contributed by atoms with van der Waals surface area (Å²) in [6.07, 6.45) is 3.78. The second-order valence-electron chi connectivity index (χ2n) is 6.10. The quantitative estimate of drug-likeness (QED) is 0.626. The summed E-state index contributed by atoms with van der Waals surface area (Å²) in [4.78, 5) is 5.98. The van der Waals surface area contributed by atoms with Gasteiger partial charge in [0.05, 0.1) is 29.5 Å². The lowest BCUT2D eigenvalue weighted by Gasteiger charge is -2.21. The van der Waals surface area contributed by atoms with E-state index in [1.54, 1.807) is 4.73 Å². The first-order valence-electron chi connectivity index (χ1n) is 7.73. The molecule has 0 bridgehead atoms. The van der Waals surface area contributed by atoms with Crippen molar-refractivity contribution in [3.8, 4) is 17.1 Å². The molecule has 124 valence electrons. The van der Waals surface area contributed by atoms with Crippen LogP contribution in [0.25, 0.3) is 11.4 Å². The SMILES string of the molecule is C[n+]1ccn(Oc2ccccc2)c1-c1ccccc1C(C)(C)SF. The smallest absolute Gasteiger partial charge is 0.296 e. The minimum Gasteiger partial charge on any atom is -0.296 e. The van der Waals surface area contributed by atoms with Crippen LogP contribution < -0.4 is 9.40 Å². The molecule has 0 aliphatic heterocycles. The lowest BCUT2D eigenvalue weighted by Crippen LogP contribution is -2.31. The molecule has 0 N–H and O–H groups in total. The van der Waals surface area contributed by atoms with Gasteiger partial charge >= 0.3 is 5.82 Å². The number of benzene rings is 2. The standard InChI is InChI=1S/C19H20FN2OS/c1-19(2,24-20)17-12-8-7-11-16(17)18-21(3)13-14-22(18)23-15-9-5-4-6-10-15/h4-14H,1-3H3/q+1. The van der Waals surface area contributed by atoms with Crippen LogP contribution in [0.15, 0.2) is 67.0 Å². The molecule has 2 aromatic carbocycles. The third-order valence-corrected chi connectivity index (χ3v) is 4.53. The van der Waals surface area contributed by atoms with E-state index in [1.807, 2.05) is 92.5 Å². The monoisotopic (exact) mass is 343 g/mol. The zero-order valence-electron chi connectivity index (χ0n) is 13.9. The minimum atomic E-state index is -0.647. The Labute approximate surface area is 146 Å². The second kappa shape index (κ2) is 6.69. The first kappa shape index (κ1) is 16.6. The Hall–Kier alpha value is -2.27. The molecule has 0 aliphatic rings. The first-order chi connectivity index (χ1) is 11.5. The molecule has 5 heteroatoms. The predicted molar refractivity (Wildman–Crippen MR) is 95.2 cm³/mol. The molecule has 0 amide bonds. The Bertz CT molecular complexity index is 830. The summed E-state index contributed by atoms with van der Waals surface area (Å²) in [5, 5.41) is 0. The van der Waals surface area contributed by atoms with E-state index in [-0.39, 0.29) is 0 Å². The summed E-state index contributed by atoms with van der Waals surface area (Å²) >= 11 is 0.348. The summed E-state index contributed by atoms with van der Waals surface area (Å²) in [6.45, 7) is 3.75. The van der Waals surface area contributed by atoms with Gasteiger partial charge in [-0.25, -0.2) is 4.57 Å². The van der Waals surface area contributed by atoms with Crippen LogP contribution in [0.2, 0.25) is 0 Å². The molecule has 0 aliphatic carbocycles. The van der Waals surface area contributed by atoms with E-state index in [0.717, 1.165) is 22.7 Å². The van der Waals surface area contributed by atoms with Crippen LogP contribution in [0, 0.1) is 0 Å². The van der Waals surface area contributed by atoms with E-state index >= 15 is 0 Å². The molecular formula is C19H20FN2OS+. The van der Waals surface area contributed by atoms with Crippen LogP contribution in [0.1, 0.15) is 19.4 Å². The number of imidazole rings is 1. The number of aromatic nitrogens is 2. The molecular weight excluding hydrogens is 323 g/mol. The number of hydrogen-bond acceptors (Lipinski definition) is 2. The average molecular weight is 343 g/mol. The highest BCUT2D eigenvalue weighted by Crippen LogP contribution is 2.40. The van der Waals surface area contributed by atoms with Crippen molar-refractivity contribution >= 4 is 12.1 Å². The first-order valence-corrected chi connectivity index (χ1v) is 8.44. The fourth-order valence-corrected chi connectivity index (χ4v) is 2.94. The second-order valence-corrected chi connectivity index (χ2v) is 7.27. The van der Waals surface area contributed by atoms with Crippen LogP contribution in [0.5, 0.6) is 5.75 Å². The van der Waals surface area contributed by atoms with Gasteiger partial charge in [-0.2, -0.15) is 3.89 Å². The van der Waals surface area contributed by atoms with Crippen molar-refractivity contribution in [3.05, 3.63) is 72.6 Å². The van der Waals surface area contributed by atoms with Crippen LogP contribution in [-0.4, -0.2) is 4.73 Å². The molecule has 24 heavy (non-hydrogen) atoms. The van der Waals surface area contributed by atoms with E-state index in [9.17, 15) is 3.89 Å². The van der Waals surface area contributed by atoms with Crippen LogP contribution in [0.4, 0.5) is 3.89 Å². The van der Waals surface area contributed by atoms with Gasteiger partial charge in [0.1, 0.15) is 6.20 Å². The molecule has 0 spiro atoms. The van der Waals surface area contributed by atoms with Crippen molar-refractivity contribution in [2.45, 2.75) is 18.6 Å². The topological polar surface area (TPSA) is 18.0 Å². The van der Waals surface area contributed by atoms with Crippen molar-refractivity contribution in [2.75, 3.05) is 0 Å². The lowest BCUT2D eigenvalue weighted by molar-refractivity contribution is -0.660. The van der Waals surface area contributed by atoms with E-state index in [2.05, 4.69) is 0 Å². The van der Waals surface area contributed by atoms with Gasteiger partial charge < -0.3 is 0 Å². The molecule has 3 nitrogen and oxygen atoms in total. The third-order valence-electron chi connectivity index (χ3n) is 3.92. The molecule has 0 saturated carbocycles. The maximum atomic E-state index is 13.5. The Morgan fingerprint density at radius 3 is 2.42 bits per heavy atom. The van der Waals surface area contributed by atoms with E-state index < -0.39 is 4.75 Å². The van der Waals surface area contributed by atoms with Crippen molar-refractivity contribution in [1.29, 1.82) is 0 Å². The molecule has 0 unspecified atom stereocenters. The van der Waals surface area contributed by atoms with Gasteiger partial charge in [0.25, 0.3) is 0 Å². The van der Waals surface area contributed by atoms with Gasteiger partial charge in [-0.3, -0.25) is 4.84 Å². The summed E-state index contributed by atoms with van der Waals surface area (Å²) in [5.74, 6) is 1.60. The third kappa shape index (κ3) is 3.17. The summed E-state index contributed by atoms with van der Waals surface area (Å²) < 4.78 is 16.5. The highest BCUT2D eigenvalue weighted by Gasteiger charge is 2.30. The predicted octanol–water partition coefficient (Wildman–Crippen LogP) is 4.67. The van der Waals surface area contributed by atoms with Crippen LogP contribution in [-0.2, 0) is 11.8 Å². The van der Waals surface area contributed by atoms with Crippen molar-refractivity contribution in [3.63, 3.8) is 0 Å². The average Bonchev–Trinajstić information content (AvgIpc) is 2.96. The summed E-state index contributed by atoms with van der Waals surface area (Å²) in [6, 6.07) is 17.4. The molecule has 0 radical (unpaired) electrons. The van der Waals surface area contributed by atoms with Gasteiger partial charge in [-0.15, -0.1) is 0 Å². The van der Waals surface area contributed by atoms with Gasteiger partial charge in [0, 0.05) is 0 Å². The Balaban J connectivity index is 2.10. The number of rotatable bonds is 5.